The standard InChI is InChI=1S/C21H26ClN3O3S/c1-23(2)29(27,28)17-10-11-20(25-12-6-7-13-25)18(14-17)21(26)24(3)15-16-8-4-5-9-19(16)22/h4-5,8-11,14H,6-7,12-13,15H2,1-3H3. The lowest BCUT2D eigenvalue weighted by Crippen LogP contribution is -2.30. The average Bonchev–Trinajstić information content (AvgIpc) is 3.23. The third-order valence-corrected chi connectivity index (χ3v) is 7.32. The summed E-state index contributed by atoms with van der Waals surface area (Å²) in [7, 11) is 1.02. The Labute approximate surface area is 177 Å². The first-order chi connectivity index (χ1) is 13.7. The van der Waals surface area contributed by atoms with Crippen LogP contribution in [0.2, 0.25) is 5.02 Å². The molecule has 2 aromatic rings. The Bertz CT molecular complexity index is 1000. The lowest BCUT2D eigenvalue weighted by molar-refractivity contribution is 0.0785. The highest BCUT2D eigenvalue weighted by Gasteiger charge is 2.26. The first-order valence-electron chi connectivity index (χ1n) is 9.52. The molecule has 1 heterocycles. The number of rotatable bonds is 6. The van der Waals surface area contributed by atoms with Crippen molar-refractivity contribution in [3.8, 4) is 0 Å². The molecule has 29 heavy (non-hydrogen) atoms. The third kappa shape index (κ3) is 4.57. The summed E-state index contributed by atoms with van der Waals surface area (Å²) < 4.78 is 26.4. The van der Waals surface area contributed by atoms with Gasteiger partial charge in [0, 0.05) is 51.5 Å². The van der Waals surface area contributed by atoms with E-state index < -0.39 is 10.0 Å². The van der Waals surface area contributed by atoms with Crippen molar-refractivity contribution >= 4 is 33.2 Å². The molecule has 0 aromatic heterocycles. The molecule has 0 N–H and O–H groups in total. The zero-order valence-electron chi connectivity index (χ0n) is 16.9. The minimum atomic E-state index is -3.64. The molecular formula is C21H26ClN3O3S. The van der Waals surface area contributed by atoms with Gasteiger partial charge < -0.3 is 9.80 Å². The van der Waals surface area contributed by atoms with E-state index in [0.717, 1.165) is 41.5 Å². The molecule has 0 saturated carbocycles. The highest BCUT2D eigenvalue weighted by Crippen LogP contribution is 2.29. The zero-order chi connectivity index (χ0) is 21.2. The predicted molar refractivity (Wildman–Crippen MR) is 116 cm³/mol. The van der Waals surface area contributed by atoms with Gasteiger partial charge in [-0.05, 0) is 42.7 Å². The maximum atomic E-state index is 13.3. The molecule has 0 radical (unpaired) electrons. The molecule has 1 amide bonds. The van der Waals surface area contributed by atoms with E-state index in [2.05, 4.69) is 4.90 Å². The van der Waals surface area contributed by atoms with Gasteiger partial charge in [-0.1, -0.05) is 29.8 Å². The smallest absolute Gasteiger partial charge is 0.256 e. The Morgan fingerprint density at radius 2 is 1.72 bits per heavy atom. The van der Waals surface area contributed by atoms with E-state index in [4.69, 9.17) is 11.6 Å². The SMILES string of the molecule is CN(Cc1ccccc1Cl)C(=O)c1cc(S(=O)(=O)N(C)C)ccc1N1CCCC1. The number of nitrogens with zero attached hydrogens (tertiary/aromatic N) is 3. The topological polar surface area (TPSA) is 60.9 Å². The van der Waals surface area contributed by atoms with Crippen LogP contribution in [0, 0.1) is 0 Å². The van der Waals surface area contributed by atoms with Gasteiger partial charge in [-0.2, -0.15) is 0 Å². The summed E-state index contributed by atoms with van der Waals surface area (Å²) in [5, 5.41) is 0.593. The summed E-state index contributed by atoms with van der Waals surface area (Å²) in [6.07, 6.45) is 2.11. The lowest BCUT2D eigenvalue weighted by atomic mass is 10.1. The molecule has 3 rings (SSSR count). The van der Waals surface area contributed by atoms with Crippen LogP contribution in [0.1, 0.15) is 28.8 Å². The van der Waals surface area contributed by atoms with E-state index in [1.165, 1.54) is 20.2 Å². The highest BCUT2D eigenvalue weighted by atomic mass is 35.5. The van der Waals surface area contributed by atoms with Gasteiger partial charge in [-0.3, -0.25) is 4.79 Å². The molecule has 2 aromatic carbocycles. The van der Waals surface area contributed by atoms with Crippen LogP contribution in [0.25, 0.3) is 0 Å². The van der Waals surface area contributed by atoms with E-state index in [-0.39, 0.29) is 10.8 Å². The van der Waals surface area contributed by atoms with Crippen LogP contribution < -0.4 is 4.90 Å². The fourth-order valence-electron chi connectivity index (χ4n) is 3.45. The largest absolute Gasteiger partial charge is 0.371 e. The number of benzene rings is 2. The first kappa shape index (κ1) is 21.6. The van der Waals surface area contributed by atoms with Gasteiger partial charge >= 0.3 is 0 Å². The predicted octanol–water partition coefficient (Wildman–Crippen LogP) is 3.46. The molecule has 0 unspecified atom stereocenters. The number of hydrogen-bond acceptors (Lipinski definition) is 4. The molecule has 0 spiro atoms. The molecule has 0 bridgehead atoms. The number of carbonyl (C=O) groups excluding carboxylic acids is 1. The van der Waals surface area contributed by atoms with Gasteiger partial charge in [0.15, 0.2) is 0 Å². The Hall–Kier alpha value is -2.09. The molecular weight excluding hydrogens is 410 g/mol. The van der Waals surface area contributed by atoms with Gasteiger partial charge in [0.25, 0.3) is 5.91 Å². The monoisotopic (exact) mass is 435 g/mol. The van der Waals surface area contributed by atoms with Crippen molar-refractivity contribution in [2.45, 2.75) is 24.3 Å². The van der Waals surface area contributed by atoms with Crippen LogP contribution in [-0.2, 0) is 16.6 Å². The Balaban J connectivity index is 1.99. The second-order valence-corrected chi connectivity index (χ2v) is 9.97. The normalized spacial score (nSPS) is 14.4. The van der Waals surface area contributed by atoms with Crippen LogP contribution in [0.3, 0.4) is 0 Å². The molecule has 1 aliphatic rings. The number of hydrogen-bond donors (Lipinski definition) is 0. The first-order valence-corrected chi connectivity index (χ1v) is 11.3. The van der Waals surface area contributed by atoms with E-state index in [9.17, 15) is 13.2 Å². The minimum absolute atomic E-state index is 0.111. The Morgan fingerprint density at radius 3 is 2.34 bits per heavy atom. The van der Waals surface area contributed by atoms with Crippen molar-refractivity contribution in [3.05, 3.63) is 58.6 Å². The molecule has 0 atom stereocenters. The number of anilines is 1. The fraction of sp³-hybridized carbons (Fsp3) is 0.381. The summed E-state index contributed by atoms with van der Waals surface area (Å²) in [6, 6.07) is 12.2. The summed E-state index contributed by atoms with van der Waals surface area (Å²) in [4.78, 5) is 17.2. The summed E-state index contributed by atoms with van der Waals surface area (Å²) in [5.41, 5.74) is 2.01. The van der Waals surface area contributed by atoms with Gasteiger partial charge in [-0.25, -0.2) is 12.7 Å². The van der Waals surface area contributed by atoms with Crippen LogP contribution in [-0.4, -0.2) is 57.8 Å². The Kier molecular flexibility index (Phi) is 6.51. The van der Waals surface area contributed by atoms with Crippen LogP contribution >= 0.6 is 11.6 Å². The molecule has 0 aliphatic carbocycles. The number of carbonyl (C=O) groups is 1. The lowest BCUT2D eigenvalue weighted by Gasteiger charge is -2.25. The molecule has 8 heteroatoms. The van der Waals surface area contributed by atoms with Crippen LogP contribution in [0.15, 0.2) is 47.4 Å². The van der Waals surface area contributed by atoms with Crippen LogP contribution in [0.4, 0.5) is 5.69 Å². The number of halogens is 1. The number of sulfonamides is 1. The number of amides is 1. The van der Waals surface area contributed by atoms with E-state index >= 15 is 0 Å². The van der Waals surface area contributed by atoms with Crippen LogP contribution in [0.5, 0.6) is 0 Å². The van der Waals surface area contributed by atoms with E-state index in [0.29, 0.717) is 17.1 Å². The van der Waals surface area contributed by atoms with Gasteiger partial charge in [0.1, 0.15) is 0 Å². The van der Waals surface area contributed by atoms with Gasteiger partial charge in [0.2, 0.25) is 10.0 Å². The van der Waals surface area contributed by atoms with Crippen molar-refractivity contribution in [2.75, 3.05) is 39.1 Å². The van der Waals surface area contributed by atoms with E-state index in [1.54, 1.807) is 30.1 Å². The zero-order valence-corrected chi connectivity index (χ0v) is 18.5. The maximum Gasteiger partial charge on any atom is 0.256 e. The highest BCUT2D eigenvalue weighted by molar-refractivity contribution is 7.89. The molecule has 6 nitrogen and oxygen atoms in total. The van der Waals surface area contributed by atoms with Crippen molar-refractivity contribution in [1.82, 2.24) is 9.21 Å². The fourth-order valence-corrected chi connectivity index (χ4v) is 4.58. The van der Waals surface area contributed by atoms with E-state index in [1.807, 2.05) is 18.2 Å². The summed E-state index contributed by atoms with van der Waals surface area (Å²) in [6.45, 7) is 2.05. The summed E-state index contributed by atoms with van der Waals surface area (Å²) >= 11 is 6.24. The van der Waals surface area contributed by atoms with Gasteiger partial charge in [-0.15, -0.1) is 0 Å². The van der Waals surface area contributed by atoms with Crippen molar-refractivity contribution in [1.29, 1.82) is 0 Å². The Morgan fingerprint density at radius 1 is 1.07 bits per heavy atom. The van der Waals surface area contributed by atoms with Crippen molar-refractivity contribution in [3.63, 3.8) is 0 Å². The molecule has 1 fully saturated rings. The average molecular weight is 436 g/mol. The minimum Gasteiger partial charge on any atom is -0.371 e. The second kappa shape index (κ2) is 8.73. The molecule has 156 valence electrons. The molecule has 1 aliphatic heterocycles. The quantitative estimate of drug-likeness (QED) is 0.697. The van der Waals surface area contributed by atoms with Crippen molar-refractivity contribution in [2.24, 2.45) is 0 Å². The third-order valence-electron chi connectivity index (χ3n) is 5.14. The van der Waals surface area contributed by atoms with Crippen molar-refractivity contribution < 1.29 is 13.2 Å². The molecule has 1 saturated heterocycles. The van der Waals surface area contributed by atoms with Gasteiger partial charge in [0.05, 0.1) is 10.5 Å². The summed E-state index contributed by atoms with van der Waals surface area (Å²) in [5.74, 6) is -0.234. The maximum absolute atomic E-state index is 13.3. The second-order valence-electron chi connectivity index (χ2n) is 7.41.